The standard InChI is InChI=1S/C20H28N4O5S/c1-6-23-7-9-24(10-8-23)19(25)13(2)30-20-22-21-18(29-20)14-11-15(26-3)17(28-5)16(12-14)27-4/h11-13H,6-10H2,1-5H3. The monoisotopic (exact) mass is 436 g/mol. The Kier molecular flexibility index (Phi) is 7.43. The normalized spacial score (nSPS) is 15.7. The molecule has 1 atom stereocenters. The average Bonchev–Trinajstić information content (AvgIpc) is 3.25. The topological polar surface area (TPSA) is 90.2 Å². The maximum absolute atomic E-state index is 12.8. The van der Waals surface area contributed by atoms with Gasteiger partial charge in [0, 0.05) is 31.7 Å². The Labute approximate surface area is 180 Å². The summed E-state index contributed by atoms with van der Waals surface area (Å²) in [6.07, 6.45) is 0. The highest BCUT2D eigenvalue weighted by atomic mass is 32.2. The third-order valence-corrected chi connectivity index (χ3v) is 6.00. The van der Waals surface area contributed by atoms with Crippen molar-refractivity contribution in [1.29, 1.82) is 0 Å². The van der Waals surface area contributed by atoms with Crippen molar-refractivity contribution >= 4 is 17.7 Å². The van der Waals surface area contributed by atoms with Crippen LogP contribution in [0.1, 0.15) is 13.8 Å². The number of thioether (sulfide) groups is 1. The largest absolute Gasteiger partial charge is 0.493 e. The first-order valence-corrected chi connectivity index (χ1v) is 10.7. The molecule has 0 saturated carbocycles. The summed E-state index contributed by atoms with van der Waals surface area (Å²) in [7, 11) is 4.63. The third kappa shape index (κ3) is 4.81. The molecule has 1 unspecified atom stereocenters. The number of hydrogen-bond donors (Lipinski definition) is 0. The molecule has 1 saturated heterocycles. The molecule has 9 nitrogen and oxygen atoms in total. The van der Waals surface area contributed by atoms with Crippen LogP contribution in [0.5, 0.6) is 17.2 Å². The van der Waals surface area contributed by atoms with Gasteiger partial charge in [-0.25, -0.2) is 0 Å². The van der Waals surface area contributed by atoms with Gasteiger partial charge in [0.1, 0.15) is 0 Å². The van der Waals surface area contributed by atoms with E-state index in [0.29, 0.717) is 33.9 Å². The summed E-state index contributed by atoms with van der Waals surface area (Å²) in [5.41, 5.74) is 0.638. The first-order chi connectivity index (χ1) is 14.5. The SMILES string of the molecule is CCN1CCN(C(=O)C(C)Sc2nnc(-c3cc(OC)c(OC)c(OC)c3)o2)CC1. The van der Waals surface area contributed by atoms with Crippen LogP contribution in [0.25, 0.3) is 11.5 Å². The van der Waals surface area contributed by atoms with Gasteiger partial charge in [-0.15, -0.1) is 10.2 Å². The fourth-order valence-corrected chi connectivity index (χ4v) is 4.09. The van der Waals surface area contributed by atoms with Gasteiger partial charge in [-0.1, -0.05) is 18.7 Å². The predicted octanol–water partition coefficient (Wildman–Crippen LogP) is 2.41. The number of ether oxygens (including phenoxy) is 3. The Morgan fingerprint density at radius 2 is 1.73 bits per heavy atom. The summed E-state index contributed by atoms with van der Waals surface area (Å²) < 4.78 is 21.9. The Bertz CT molecular complexity index is 842. The van der Waals surface area contributed by atoms with Crippen LogP contribution < -0.4 is 14.2 Å². The zero-order chi connectivity index (χ0) is 21.7. The Morgan fingerprint density at radius 1 is 1.10 bits per heavy atom. The molecule has 3 rings (SSSR count). The molecule has 1 aromatic carbocycles. The van der Waals surface area contributed by atoms with Crippen molar-refractivity contribution in [3.63, 3.8) is 0 Å². The molecule has 0 N–H and O–H groups in total. The molecule has 0 spiro atoms. The first-order valence-electron chi connectivity index (χ1n) is 9.82. The number of likely N-dealkylation sites (N-methyl/N-ethyl adjacent to an activating group) is 1. The lowest BCUT2D eigenvalue weighted by molar-refractivity contribution is -0.132. The average molecular weight is 437 g/mol. The molecule has 0 radical (unpaired) electrons. The van der Waals surface area contributed by atoms with Crippen molar-refractivity contribution in [1.82, 2.24) is 20.0 Å². The summed E-state index contributed by atoms with van der Waals surface area (Å²) >= 11 is 1.26. The zero-order valence-corrected chi connectivity index (χ0v) is 18.8. The van der Waals surface area contributed by atoms with Crippen molar-refractivity contribution in [3.05, 3.63) is 12.1 Å². The molecule has 2 heterocycles. The molecule has 1 aliphatic heterocycles. The van der Waals surface area contributed by atoms with Gasteiger partial charge in [-0.2, -0.15) is 0 Å². The highest BCUT2D eigenvalue weighted by molar-refractivity contribution is 8.00. The molecule has 10 heteroatoms. The van der Waals surface area contributed by atoms with Gasteiger partial charge < -0.3 is 28.4 Å². The highest BCUT2D eigenvalue weighted by Crippen LogP contribution is 2.41. The summed E-state index contributed by atoms with van der Waals surface area (Å²) in [5.74, 6) is 1.87. The van der Waals surface area contributed by atoms with Crippen LogP contribution in [-0.4, -0.2) is 85.2 Å². The fraction of sp³-hybridized carbons (Fsp3) is 0.550. The van der Waals surface area contributed by atoms with Crippen molar-refractivity contribution < 1.29 is 23.4 Å². The van der Waals surface area contributed by atoms with E-state index < -0.39 is 0 Å². The molecule has 2 aromatic rings. The van der Waals surface area contributed by atoms with Gasteiger partial charge in [0.05, 0.1) is 26.6 Å². The van der Waals surface area contributed by atoms with E-state index in [2.05, 4.69) is 22.0 Å². The highest BCUT2D eigenvalue weighted by Gasteiger charge is 2.27. The minimum Gasteiger partial charge on any atom is -0.493 e. The molecule has 1 aromatic heterocycles. The van der Waals surface area contributed by atoms with Crippen LogP contribution in [0.3, 0.4) is 0 Å². The number of rotatable bonds is 8. The number of benzene rings is 1. The summed E-state index contributed by atoms with van der Waals surface area (Å²) in [6.45, 7) is 8.32. The molecule has 0 aliphatic carbocycles. The van der Waals surface area contributed by atoms with Crippen LogP contribution in [0.4, 0.5) is 0 Å². The van der Waals surface area contributed by atoms with Crippen molar-refractivity contribution in [3.8, 4) is 28.7 Å². The number of hydrogen-bond acceptors (Lipinski definition) is 9. The van der Waals surface area contributed by atoms with Crippen molar-refractivity contribution in [2.45, 2.75) is 24.3 Å². The quantitative estimate of drug-likeness (QED) is 0.579. The Balaban J connectivity index is 1.70. The van der Waals surface area contributed by atoms with E-state index in [9.17, 15) is 4.79 Å². The second kappa shape index (κ2) is 10.0. The summed E-state index contributed by atoms with van der Waals surface area (Å²) in [4.78, 5) is 17.0. The van der Waals surface area contributed by atoms with E-state index in [1.165, 1.54) is 11.8 Å². The first kappa shape index (κ1) is 22.2. The van der Waals surface area contributed by atoms with E-state index in [4.69, 9.17) is 18.6 Å². The molecule has 1 aliphatic rings. The summed E-state index contributed by atoms with van der Waals surface area (Å²) in [5, 5.41) is 8.24. The van der Waals surface area contributed by atoms with E-state index in [0.717, 1.165) is 32.7 Å². The minimum absolute atomic E-state index is 0.0864. The number of piperazine rings is 1. The molecule has 1 fully saturated rings. The number of amides is 1. The molecular formula is C20H28N4O5S. The molecule has 0 bridgehead atoms. The van der Waals surface area contributed by atoms with Crippen LogP contribution >= 0.6 is 11.8 Å². The van der Waals surface area contributed by atoms with Gasteiger partial charge in [-0.05, 0) is 25.6 Å². The number of carbonyl (C=O) groups excluding carboxylic acids is 1. The van der Waals surface area contributed by atoms with Gasteiger partial charge in [0.25, 0.3) is 5.22 Å². The van der Waals surface area contributed by atoms with Crippen LogP contribution in [0.15, 0.2) is 21.8 Å². The van der Waals surface area contributed by atoms with Crippen LogP contribution in [0.2, 0.25) is 0 Å². The maximum Gasteiger partial charge on any atom is 0.277 e. The van der Waals surface area contributed by atoms with Crippen LogP contribution in [0, 0.1) is 0 Å². The number of methoxy groups -OCH3 is 3. The van der Waals surface area contributed by atoms with Gasteiger partial charge in [0.15, 0.2) is 11.5 Å². The maximum atomic E-state index is 12.8. The van der Waals surface area contributed by atoms with E-state index in [1.807, 2.05) is 11.8 Å². The second-order valence-electron chi connectivity index (χ2n) is 6.81. The van der Waals surface area contributed by atoms with E-state index in [-0.39, 0.29) is 11.2 Å². The van der Waals surface area contributed by atoms with E-state index in [1.54, 1.807) is 33.5 Å². The Morgan fingerprint density at radius 3 is 2.27 bits per heavy atom. The lowest BCUT2D eigenvalue weighted by Gasteiger charge is -2.35. The smallest absolute Gasteiger partial charge is 0.277 e. The van der Waals surface area contributed by atoms with Crippen LogP contribution in [-0.2, 0) is 4.79 Å². The minimum atomic E-state index is -0.314. The van der Waals surface area contributed by atoms with Crippen molar-refractivity contribution in [2.75, 3.05) is 54.1 Å². The van der Waals surface area contributed by atoms with E-state index >= 15 is 0 Å². The van der Waals surface area contributed by atoms with Gasteiger partial charge in [-0.3, -0.25) is 4.79 Å². The summed E-state index contributed by atoms with van der Waals surface area (Å²) in [6, 6.07) is 3.48. The Hall–Kier alpha value is -2.46. The lowest BCUT2D eigenvalue weighted by Crippen LogP contribution is -2.50. The fourth-order valence-electron chi connectivity index (χ4n) is 3.32. The number of nitrogens with zero attached hydrogens (tertiary/aromatic N) is 4. The molecule has 164 valence electrons. The van der Waals surface area contributed by atoms with Gasteiger partial charge >= 0.3 is 0 Å². The third-order valence-electron chi connectivity index (χ3n) is 5.07. The molecule has 30 heavy (non-hydrogen) atoms. The zero-order valence-electron chi connectivity index (χ0n) is 18.0. The van der Waals surface area contributed by atoms with Gasteiger partial charge in [0.2, 0.25) is 17.5 Å². The second-order valence-corrected chi connectivity index (χ2v) is 8.10. The predicted molar refractivity (Wildman–Crippen MR) is 113 cm³/mol. The number of aromatic nitrogens is 2. The lowest BCUT2D eigenvalue weighted by atomic mass is 10.2. The van der Waals surface area contributed by atoms with Crippen molar-refractivity contribution in [2.24, 2.45) is 0 Å². The number of carbonyl (C=O) groups is 1. The molecular weight excluding hydrogens is 408 g/mol. The molecule has 1 amide bonds.